The Morgan fingerprint density at radius 2 is 1.88 bits per heavy atom. The molecule has 1 atom stereocenters. The number of aromatic nitrogens is 3. The topological polar surface area (TPSA) is 118 Å². The van der Waals surface area contributed by atoms with Gasteiger partial charge in [0.1, 0.15) is 6.04 Å². The third-order valence-corrected chi connectivity index (χ3v) is 3.85. The summed E-state index contributed by atoms with van der Waals surface area (Å²) in [5.41, 5.74) is 1.20. The third-order valence-electron chi connectivity index (χ3n) is 3.85. The molecule has 3 rings (SSSR count). The molecule has 3 amide bonds. The largest absolute Gasteiger partial charge is 0.326 e. The molecule has 0 bridgehead atoms. The van der Waals surface area contributed by atoms with Crippen molar-refractivity contribution in [3.8, 4) is 0 Å². The zero-order valence-corrected chi connectivity index (χ0v) is 14.6. The molecule has 1 aromatic heterocycles. The second-order valence-corrected chi connectivity index (χ2v) is 6.06. The number of nitrogens with zero attached hydrogens (tertiary/aromatic N) is 3. The Morgan fingerprint density at radius 1 is 1.23 bits per heavy atom. The second-order valence-electron chi connectivity index (χ2n) is 6.06. The van der Waals surface area contributed by atoms with E-state index >= 15 is 0 Å². The molecule has 0 spiro atoms. The van der Waals surface area contributed by atoms with Crippen LogP contribution in [0.15, 0.2) is 24.3 Å². The van der Waals surface area contributed by atoms with Gasteiger partial charge in [-0.25, -0.2) is 4.68 Å². The summed E-state index contributed by atoms with van der Waals surface area (Å²) < 4.78 is 1.47. The van der Waals surface area contributed by atoms with Crippen LogP contribution in [0.2, 0.25) is 0 Å². The lowest BCUT2D eigenvalue weighted by molar-refractivity contribution is -0.125. The summed E-state index contributed by atoms with van der Waals surface area (Å²) in [5.74, 6) is 0.111. The first-order chi connectivity index (χ1) is 12.5. The maximum Gasteiger partial charge on any atom is 0.249 e. The van der Waals surface area contributed by atoms with E-state index in [2.05, 4.69) is 26.0 Å². The van der Waals surface area contributed by atoms with Gasteiger partial charge in [0.2, 0.25) is 23.7 Å². The molecule has 1 unspecified atom stereocenters. The average molecular weight is 356 g/mol. The van der Waals surface area contributed by atoms with Crippen molar-refractivity contribution in [3.05, 3.63) is 30.1 Å². The zero-order valence-electron chi connectivity index (χ0n) is 14.6. The fourth-order valence-electron chi connectivity index (χ4n) is 2.71. The number of fused-ring (bicyclic) bond motifs is 1. The molecule has 1 aromatic carbocycles. The average Bonchev–Trinajstić information content (AvgIpc) is 2.98. The highest BCUT2D eigenvalue weighted by atomic mass is 16.2. The minimum absolute atomic E-state index is 0.00225. The molecule has 0 fully saturated rings. The van der Waals surface area contributed by atoms with Crippen molar-refractivity contribution < 1.29 is 14.4 Å². The van der Waals surface area contributed by atoms with Crippen LogP contribution in [0.25, 0.3) is 0 Å². The van der Waals surface area contributed by atoms with Crippen LogP contribution in [0.4, 0.5) is 17.3 Å². The summed E-state index contributed by atoms with van der Waals surface area (Å²) in [6.45, 7) is 3.43. The number of rotatable bonds is 5. The number of carbonyl (C=O) groups is 3. The van der Waals surface area contributed by atoms with Crippen molar-refractivity contribution >= 4 is 35.0 Å². The molecule has 0 aliphatic carbocycles. The lowest BCUT2D eigenvalue weighted by Gasteiger charge is -2.22. The SMILES string of the molecule is CCCc1nc2n(n1)C(C(=O)Nc1ccc(NC(C)=O)cc1)CC(=O)N2. The Hall–Kier alpha value is -3.23. The maximum atomic E-state index is 12.7. The number of anilines is 3. The van der Waals surface area contributed by atoms with Gasteiger partial charge in [-0.2, -0.15) is 10.1 Å². The van der Waals surface area contributed by atoms with Crippen molar-refractivity contribution in [2.45, 2.75) is 39.2 Å². The van der Waals surface area contributed by atoms with E-state index in [0.717, 1.165) is 6.42 Å². The highest BCUT2D eigenvalue weighted by Gasteiger charge is 2.33. The monoisotopic (exact) mass is 356 g/mol. The minimum Gasteiger partial charge on any atom is -0.326 e. The molecule has 1 aliphatic rings. The molecular formula is C17H20N6O3. The van der Waals surface area contributed by atoms with E-state index in [0.29, 0.717) is 29.6 Å². The summed E-state index contributed by atoms with van der Waals surface area (Å²) in [4.78, 5) is 39.9. The van der Waals surface area contributed by atoms with E-state index in [1.54, 1.807) is 24.3 Å². The van der Waals surface area contributed by atoms with Crippen LogP contribution in [-0.2, 0) is 20.8 Å². The van der Waals surface area contributed by atoms with Gasteiger partial charge in [-0.15, -0.1) is 0 Å². The van der Waals surface area contributed by atoms with Crippen molar-refractivity contribution in [2.24, 2.45) is 0 Å². The Kier molecular flexibility index (Phi) is 4.97. The number of hydrogen-bond acceptors (Lipinski definition) is 5. The first kappa shape index (κ1) is 17.6. The number of hydrogen-bond donors (Lipinski definition) is 3. The third kappa shape index (κ3) is 3.88. The fraction of sp³-hybridized carbons (Fsp3) is 0.353. The van der Waals surface area contributed by atoms with Crippen molar-refractivity contribution in [2.75, 3.05) is 16.0 Å². The number of aryl methyl sites for hydroxylation is 1. The van der Waals surface area contributed by atoms with Gasteiger partial charge in [-0.3, -0.25) is 19.7 Å². The number of benzene rings is 1. The van der Waals surface area contributed by atoms with E-state index < -0.39 is 6.04 Å². The molecule has 9 heteroatoms. The molecule has 0 radical (unpaired) electrons. The summed E-state index contributed by atoms with van der Waals surface area (Å²) >= 11 is 0. The summed E-state index contributed by atoms with van der Waals surface area (Å²) in [7, 11) is 0. The van der Waals surface area contributed by atoms with Gasteiger partial charge in [0, 0.05) is 24.7 Å². The van der Waals surface area contributed by atoms with E-state index in [-0.39, 0.29) is 24.1 Å². The Labute approximate surface area is 150 Å². The number of carbonyl (C=O) groups excluding carboxylic acids is 3. The molecule has 2 aromatic rings. The predicted molar refractivity (Wildman–Crippen MR) is 95.7 cm³/mol. The van der Waals surface area contributed by atoms with Gasteiger partial charge < -0.3 is 10.6 Å². The number of amides is 3. The normalized spacial score (nSPS) is 15.8. The minimum atomic E-state index is -0.758. The quantitative estimate of drug-likeness (QED) is 0.754. The van der Waals surface area contributed by atoms with Crippen LogP contribution >= 0.6 is 0 Å². The maximum absolute atomic E-state index is 12.7. The van der Waals surface area contributed by atoms with Gasteiger partial charge in [-0.05, 0) is 30.7 Å². The summed E-state index contributed by atoms with van der Waals surface area (Å²) in [6.07, 6.45) is 1.54. The van der Waals surface area contributed by atoms with E-state index in [4.69, 9.17) is 0 Å². The predicted octanol–water partition coefficient (Wildman–Crippen LogP) is 1.71. The van der Waals surface area contributed by atoms with Crippen LogP contribution in [0.3, 0.4) is 0 Å². The first-order valence-electron chi connectivity index (χ1n) is 8.40. The standard InChI is InChI=1S/C17H20N6O3/c1-3-4-14-20-17-21-15(25)9-13(23(17)22-14)16(26)19-12-7-5-11(6-8-12)18-10(2)24/h5-8,13H,3-4,9H2,1-2H3,(H,18,24)(H,19,26)(H,20,21,22,25). The van der Waals surface area contributed by atoms with E-state index in [1.807, 2.05) is 6.92 Å². The molecule has 3 N–H and O–H groups in total. The Morgan fingerprint density at radius 3 is 2.50 bits per heavy atom. The lowest BCUT2D eigenvalue weighted by Crippen LogP contribution is -2.36. The zero-order chi connectivity index (χ0) is 18.7. The summed E-state index contributed by atoms with van der Waals surface area (Å²) in [5, 5.41) is 12.4. The van der Waals surface area contributed by atoms with Gasteiger partial charge >= 0.3 is 0 Å². The lowest BCUT2D eigenvalue weighted by atomic mass is 10.1. The highest BCUT2D eigenvalue weighted by molar-refractivity contribution is 6.00. The van der Waals surface area contributed by atoms with Crippen LogP contribution in [-0.4, -0.2) is 32.5 Å². The van der Waals surface area contributed by atoms with Crippen LogP contribution in [0.1, 0.15) is 38.6 Å². The smallest absolute Gasteiger partial charge is 0.249 e. The van der Waals surface area contributed by atoms with Gasteiger partial charge in [0.25, 0.3) is 0 Å². The number of nitrogens with one attached hydrogen (secondary N) is 3. The molecule has 1 aliphatic heterocycles. The van der Waals surface area contributed by atoms with Crippen LogP contribution < -0.4 is 16.0 Å². The van der Waals surface area contributed by atoms with Gasteiger partial charge in [-0.1, -0.05) is 6.92 Å². The van der Waals surface area contributed by atoms with Crippen molar-refractivity contribution in [3.63, 3.8) is 0 Å². The van der Waals surface area contributed by atoms with E-state index in [1.165, 1.54) is 11.6 Å². The van der Waals surface area contributed by atoms with Crippen molar-refractivity contribution in [1.29, 1.82) is 0 Å². The molecule has 0 saturated heterocycles. The first-order valence-corrected chi connectivity index (χ1v) is 8.40. The van der Waals surface area contributed by atoms with Crippen LogP contribution in [0, 0.1) is 0 Å². The molecule has 0 saturated carbocycles. The molecule has 26 heavy (non-hydrogen) atoms. The Bertz CT molecular complexity index is 843. The second kappa shape index (κ2) is 7.34. The fourth-order valence-corrected chi connectivity index (χ4v) is 2.71. The molecular weight excluding hydrogens is 336 g/mol. The van der Waals surface area contributed by atoms with Gasteiger partial charge in [0.15, 0.2) is 5.82 Å². The Balaban J connectivity index is 1.75. The van der Waals surface area contributed by atoms with Crippen LogP contribution in [0.5, 0.6) is 0 Å². The van der Waals surface area contributed by atoms with E-state index in [9.17, 15) is 14.4 Å². The van der Waals surface area contributed by atoms with Crippen molar-refractivity contribution in [1.82, 2.24) is 14.8 Å². The summed E-state index contributed by atoms with van der Waals surface area (Å²) in [6, 6.07) is 5.97. The molecule has 9 nitrogen and oxygen atoms in total. The molecule has 2 heterocycles. The highest BCUT2D eigenvalue weighted by Crippen LogP contribution is 2.25. The van der Waals surface area contributed by atoms with Gasteiger partial charge in [0.05, 0.1) is 6.42 Å². The molecule has 136 valence electrons.